The fourth-order valence-electron chi connectivity index (χ4n) is 2.36. The van der Waals surface area contributed by atoms with E-state index in [9.17, 15) is 9.59 Å². The zero-order valence-corrected chi connectivity index (χ0v) is 11.5. The van der Waals surface area contributed by atoms with Gasteiger partial charge in [-0.2, -0.15) is 0 Å². The summed E-state index contributed by atoms with van der Waals surface area (Å²) in [6.45, 7) is 2.51. The van der Waals surface area contributed by atoms with E-state index in [0.717, 1.165) is 25.8 Å². The van der Waals surface area contributed by atoms with Crippen LogP contribution in [0.1, 0.15) is 36.5 Å². The van der Waals surface area contributed by atoms with Gasteiger partial charge >= 0.3 is 5.97 Å². The fraction of sp³-hybridized carbons (Fsp3) is 0.467. The molecule has 1 saturated heterocycles. The first kappa shape index (κ1) is 14.4. The standard InChI is InChI=1S/C15H19NO4/c1-11-4-2-3-9-16(11)14(18)10-20-15(19)12-5-7-13(17)8-6-12/h5-8,11,17H,2-4,9-10H2,1H3/t11-/m1/s1. The number of hydrogen-bond acceptors (Lipinski definition) is 4. The number of nitrogens with zero attached hydrogens (tertiary/aromatic N) is 1. The van der Waals surface area contributed by atoms with Crippen molar-refractivity contribution in [2.45, 2.75) is 32.2 Å². The molecule has 1 fully saturated rings. The monoisotopic (exact) mass is 277 g/mol. The first-order valence-corrected chi connectivity index (χ1v) is 6.83. The Hall–Kier alpha value is -2.04. The van der Waals surface area contributed by atoms with Gasteiger partial charge in [-0.15, -0.1) is 0 Å². The second-order valence-electron chi connectivity index (χ2n) is 5.05. The van der Waals surface area contributed by atoms with Crippen LogP contribution in [-0.2, 0) is 9.53 Å². The number of aromatic hydroxyl groups is 1. The lowest BCUT2D eigenvalue weighted by molar-refractivity contribution is -0.137. The van der Waals surface area contributed by atoms with Crippen molar-refractivity contribution in [1.29, 1.82) is 0 Å². The highest BCUT2D eigenvalue weighted by molar-refractivity contribution is 5.91. The number of amides is 1. The van der Waals surface area contributed by atoms with Gasteiger partial charge in [0.2, 0.25) is 0 Å². The highest BCUT2D eigenvalue weighted by Gasteiger charge is 2.24. The molecule has 2 rings (SSSR count). The third-order valence-electron chi connectivity index (χ3n) is 3.55. The molecule has 0 spiro atoms. The molecular formula is C15H19NO4. The molecule has 1 aromatic carbocycles. The van der Waals surface area contributed by atoms with Gasteiger partial charge in [0.1, 0.15) is 5.75 Å². The van der Waals surface area contributed by atoms with Gasteiger partial charge in [0.25, 0.3) is 5.91 Å². The summed E-state index contributed by atoms with van der Waals surface area (Å²) in [7, 11) is 0. The molecule has 1 amide bonds. The lowest BCUT2D eigenvalue weighted by atomic mass is 10.0. The minimum absolute atomic E-state index is 0.0831. The topological polar surface area (TPSA) is 66.8 Å². The Morgan fingerprint density at radius 2 is 2.00 bits per heavy atom. The van der Waals surface area contributed by atoms with Crippen LogP contribution in [0.15, 0.2) is 24.3 Å². The molecule has 0 unspecified atom stereocenters. The van der Waals surface area contributed by atoms with E-state index in [1.54, 1.807) is 4.90 Å². The highest BCUT2D eigenvalue weighted by Crippen LogP contribution is 2.16. The van der Waals surface area contributed by atoms with Crippen LogP contribution in [0.3, 0.4) is 0 Å². The Balaban J connectivity index is 1.86. The third-order valence-corrected chi connectivity index (χ3v) is 3.55. The summed E-state index contributed by atoms with van der Waals surface area (Å²) in [5, 5.41) is 9.14. The third kappa shape index (κ3) is 3.50. The number of hydrogen-bond donors (Lipinski definition) is 1. The van der Waals surface area contributed by atoms with Gasteiger partial charge in [-0.25, -0.2) is 4.79 Å². The van der Waals surface area contributed by atoms with Crippen LogP contribution in [0.25, 0.3) is 0 Å². The van der Waals surface area contributed by atoms with E-state index in [0.29, 0.717) is 5.56 Å². The molecule has 1 aliphatic heterocycles. The maximum absolute atomic E-state index is 12.0. The Morgan fingerprint density at radius 3 is 2.65 bits per heavy atom. The molecule has 0 radical (unpaired) electrons. The van der Waals surface area contributed by atoms with Gasteiger partial charge < -0.3 is 14.7 Å². The molecular weight excluding hydrogens is 258 g/mol. The summed E-state index contributed by atoms with van der Waals surface area (Å²) >= 11 is 0. The summed E-state index contributed by atoms with van der Waals surface area (Å²) < 4.78 is 5.02. The molecule has 20 heavy (non-hydrogen) atoms. The molecule has 0 aromatic heterocycles. The second-order valence-corrected chi connectivity index (χ2v) is 5.05. The van der Waals surface area contributed by atoms with Crippen LogP contribution < -0.4 is 0 Å². The van der Waals surface area contributed by atoms with E-state index in [-0.39, 0.29) is 24.3 Å². The van der Waals surface area contributed by atoms with Crippen molar-refractivity contribution in [1.82, 2.24) is 4.90 Å². The number of rotatable bonds is 3. The summed E-state index contributed by atoms with van der Waals surface area (Å²) in [6.07, 6.45) is 3.14. The van der Waals surface area contributed by atoms with Crippen molar-refractivity contribution in [3.05, 3.63) is 29.8 Å². The molecule has 0 bridgehead atoms. The van der Waals surface area contributed by atoms with Gasteiger partial charge in [-0.3, -0.25) is 4.79 Å². The van der Waals surface area contributed by atoms with E-state index in [2.05, 4.69) is 0 Å². The van der Waals surface area contributed by atoms with Gasteiger partial charge in [-0.1, -0.05) is 0 Å². The van der Waals surface area contributed by atoms with E-state index < -0.39 is 5.97 Å². The maximum atomic E-state index is 12.0. The average Bonchev–Trinajstić information content (AvgIpc) is 2.45. The van der Waals surface area contributed by atoms with Crippen molar-refractivity contribution in [3.8, 4) is 5.75 Å². The molecule has 1 N–H and O–H groups in total. The molecule has 1 aliphatic rings. The lowest BCUT2D eigenvalue weighted by Gasteiger charge is -2.33. The molecule has 0 aliphatic carbocycles. The Morgan fingerprint density at radius 1 is 1.30 bits per heavy atom. The second kappa shape index (κ2) is 6.41. The predicted molar refractivity (Wildman–Crippen MR) is 73.4 cm³/mol. The molecule has 0 saturated carbocycles. The summed E-state index contributed by atoms with van der Waals surface area (Å²) in [6, 6.07) is 5.96. The maximum Gasteiger partial charge on any atom is 0.338 e. The lowest BCUT2D eigenvalue weighted by Crippen LogP contribution is -2.44. The average molecular weight is 277 g/mol. The molecule has 1 aromatic rings. The normalized spacial score (nSPS) is 18.6. The van der Waals surface area contributed by atoms with Crippen LogP contribution in [0.5, 0.6) is 5.75 Å². The summed E-state index contributed by atoms with van der Waals surface area (Å²) in [5.74, 6) is -0.618. The minimum Gasteiger partial charge on any atom is -0.508 e. The quantitative estimate of drug-likeness (QED) is 0.857. The molecule has 108 valence electrons. The zero-order chi connectivity index (χ0) is 14.5. The number of esters is 1. The van der Waals surface area contributed by atoms with Crippen molar-refractivity contribution >= 4 is 11.9 Å². The van der Waals surface area contributed by atoms with Gasteiger partial charge in [-0.05, 0) is 50.5 Å². The van der Waals surface area contributed by atoms with Gasteiger partial charge in [0.15, 0.2) is 6.61 Å². The van der Waals surface area contributed by atoms with Crippen molar-refractivity contribution in [2.75, 3.05) is 13.2 Å². The molecule has 1 heterocycles. The Kier molecular flexibility index (Phi) is 4.61. The Bertz CT molecular complexity index is 483. The van der Waals surface area contributed by atoms with Gasteiger partial charge in [0.05, 0.1) is 5.56 Å². The zero-order valence-electron chi connectivity index (χ0n) is 11.5. The van der Waals surface area contributed by atoms with Crippen LogP contribution >= 0.6 is 0 Å². The van der Waals surface area contributed by atoms with E-state index in [1.165, 1.54) is 24.3 Å². The number of phenolic OH excluding ortho intramolecular Hbond substituents is 1. The van der Waals surface area contributed by atoms with Crippen LogP contribution in [-0.4, -0.2) is 41.1 Å². The largest absolute Gasteiger partial charge is 0.508 e. The highest BCUT2D eigenvalue weighted by atomic mass is 16.5. The van der Waals surface area contributed by atoms with Gasteiger partial charge in [0, 0.05) is 12.6 Å². The number of likely N-dealkylation sites (tertiary alicyclic amines) is 1. The van der Waals surface area contributed by atoms with E-state index in [4.69, 9.17) is 9.84 Å². The molecule has 1 atom stereocenters. The first-order chi connectivity index (χ1) is 9.58. The van der Waals surface area contributed by atoms with Crippen LogP contribution in [0, 0.1) is 0 Å². The Labute approximate surface area is 118 Å². The van der Waals surface area contributed by atoms with Crippen molar-refractivity contribution < 1.29 is 19.4 Å². The summed E-state index contributed by atoms with van der Waals surface area (Å²) in [5.41, 5.74) is 0.322. The molecule has 5 nitrogen and oxygen atoms in total. The van der Waals surface area contributed by atoms with Crippen molar-refractivity contribution in [2.24, 2.45) is 0 Å². The van der Waals surface area contributed by atoms with Crippen LogP contribution in [0.4, 0.5) is 0 Å². The number of ether oxygens (including phenoxy) is 1. The number of phenols is 1. The fourth-order valence-corrected chi connectivity index (χ4v) is 2.36. The number of benzene rings is 1. The smallest absolute Gasteiger partial charge is 0.338 e. The molecule has 5 heteroatoms. The van der Waals surface area contributed by atoms with Crippen LogP contribution in [0.2, 0.25) is 0 Å². The SMILES string of the molecule is C[C@@H]1CCCCN1C(=O)COC(=O)c1ccc(O)cc1. The minimum atomic E-state index is -0.553. The van der Waals surface area contributed by atoms with E-state index in [1.807, 2.05) is 6.92 Å². The van der Waals surface area contributed by atoms with E-state index >= 15 is 0 Å². The first-order valence-electron chi connectivity index (χ1n) is 6.83. The predicted octanol–water partition coefficient (Wildman–Crippen LogP) is 1.95. The van der Waals surface area contributed by atoms with Crippen molar-refractivity contribution in [3.63, 3.8) is 0 Å². The number of piperidine rings is 1. The summed E-state index contributed by atoms with van der Waals surface area (Å²) in [4.78, 5) is 25.5. The number of carbonyl (C=O) groups excluding carboxylic acids is 2. The number of carbonyl (C=O) groups is 2.